The number of carbonyl (C=O) groups is 1. The van der Waals surface area contributed by atoms with Gasteiger partial charge < -0.3 is 26.0 Å². The molecule has 3 rings (SSSR count). The van der Waals surface area contributed by atoms with E-state index in [1.165, 1.54) is 6.07 Å². The van der Waals surface area contributed by atoms with Gasteiger partial charge in [-0.15, -0.1) is 0 Å². The van der Waals surface area contributed by atoms with Crippen LogP contribution in [0.2, 0.25) is 0 Å². The topological polar surface area (TPSA) is 94.4 Å². The quantitative estimate of drug-likeness (QED) is 0.484. The average molecular weight is 378 g/mol. The van der Waals surface area contributed by atoms with Gasteiger partial charge in [0.25, 0.3) is 0 Å². The summed E-state index contributed by atoms with van der Waals surface area (Å²) in [7, 11) is 0. The van der Waals surface area contributed by atoms with Crippen molar-refractivity contribution in [2.24, 2.45) is 5.73 Å². The third kappa shape index (κ3) is 3.54. The van der Waals surface area contributed by atoms with Crippen molar-refractivity contribution in [1.29, 1.82) is 0 Å². The van der Waals surface area contributed by atoms with E-state index in [1.807, 2.05) is 13.8 Å². The molecule has 0 aliphatic carbocycles. The second kappa shape index (κ2) is 7.28. The van der Waals surface area contributed by atoms with Crippen LogP contribution in [0.3, 0.4) is 0 Å². The molecule has 146 valence electrons. The number of anilines is 1. The van der Waals surface area contributed by atoms with E-state index in [9.17, 15) is 14.3 Å². The molecule has 0 spiro atoms. The Labute approximate surface area is 156 Å². The molecule has 1 amide bonds. The minimum absolute atomic E-state index is 0.0146. The molecule has 2 aromatic rings. The number of aromatic nitrogens is 1. The minimum Gasteiger partial charge on any atom is -0.374 e. The van der Waals surface area contributed by atoms with Crippen molar-refractivity contribution < 1.29 is 18.7 Å². The van der Waals surface area contributed by atoms with Gasteiger partial charge in [0.05, 0.1) is 11.2 Å². The largest absolute Gasteiger partial charge is 0.374 e. The second-order valence-electron chi connectivity index (χ2n) is 7.01. The SMILES string of the molecule is C=CC(=O)N[C@H]1C[C@H](F)CN(c2c(F)cc(C(N)O)c3[nH]c(C)c(C)c23)C1. The maximum absolute atomic E-state index is 15.0. The van der Waals surface area contributed by atoms with Gasteiger partial charge in [0.15, 0.2) is 0 Å². The summed E-state index contributed by atoms with van der Waals surface area (Å²) in [6.45, 7) is 7.35. The molecule has 1 aromatic heterocycles. The standard InChI is InChI=1S/C19H24F2N4O2/c1-4-15(26)24-12-5-11(20)7-25(8-12)18-14(21)6-13(19(22)27)17-16(18)9(2)10(3)23-17/h4,6,11-12,19,23,27H,1,5,7-8,22H2,2-3H3,(H,24,26)/t11-,12-,19?/m0/s1. The van der Waals surface area contributed by atoms with Crippen LogP contribution in [0.5, 0.6) is 0 Å². The molecule has 1 saturated heterocycles. The number of halogens is 2. The predicted octanol–water partition coefficient (Wildman–Crippen LogP) is 2.09. The van der Waals surface area contributed by atoms with Crippen LogP contribution in [-0.4, -0.2) is 41.3 Å². The van der Waals surface area contributed by atoms with Crippen molar-refractivity contribution >= 4 is 22.5 Å². The van der Waals surface area contributed by atoms with Crippen molar-refractivity contribution in [3.63, 3.8) is 0 Å². The van der Waals surface area contributed by atoms with Crippen LogP contribution in [0.1, 0.15) is 29.5 Å². The first kappa shape index (κ1) is 19.3. The first-order chi connectivity index (χ1) is 12.7. The van der Waals surface area contributed by atoms with Gasteiger partial charge in [-0.2, -0.15) is 0 Å². The lowest BCUT2D eigenvalue weighted by molar-refractivity contribution is -0.117. The van der Waals surface area contributed by atoms with Gasteiger partial charge in [0.2, 0.25) is 5.91 Å². The Bertz CT molecular complexity index is 894. The van der Waals surface area contributed by atoms with Crippen LogP contribution in [0.15, 0.2) is 18.7 Å². The lowest BCUT2D eigenvalue weighted by Crippen LogP contribution is -2.51. The zero-order valence-corrected chi connectivity index (χ0v) is 15.4. The molecular formula is C19H24F2N4O2. The lowest BCUT2D eigenvalue weighted by atomic mass is 9.99. The molecule has 6 nitrogen and oxygen atoms in total. The third-order valence-electron chi connectivity index (χ3n) is 5.10. The number of benzene rings is 1. The number of nitrogens with one attached hydrogen (secondary N) is 2. The Hall–Kier alpha value is -2.45. The number of aryl methyl sites for hydroxylation is 2. The lowest BCUT2D eigenvalue weighted by Gasteiger charge is -2.37. The van der Waals surface area contributed by atoms with Crippen molar-refractivity contribution in [3.8, 4) is 0 Å². The first-order valence-corrected chi connectivity index (χ1v) is 8.79. The van der Waals surface area contributed by atoms with Crippen molar-refractivity contribution in [2.45, 2.75) is 38.7 Å². The summed E-state index contributed by atoms with van der Waals surface area (Å²) in [6.07, 6.45) is -1.28. The van der Waals surface area contributed by atoms with Gasteiger partial charge in [-0.25, -0.2) is 8.78 Å². The van der Waals surface area contributed by atoms with Crippen molar-refractivity contribution in [2.75, 3.05) is 18.0 Å². The van der Waals surface area contributed by atoms with E-state index in [2.05, 4.69) is 16.9 Å². The number of aliphatic hydroxyl groups excluding tert-OH is 1. The smallest absolute Gasteiger partial charge is 0.243 e. The highest BCUT2D eigenvalue weighted by atomic mass is 19.1. The highest BCUT2D eigenvalue weighted by Crippen LogP contribution is 2.38. The van der Waals surface area contributed by atoms with Crippen LogP contribution < -0.4 is 16.0 Å². The summed E-state index contributed by atoms with van der Waals surface area (Å²) >= 11 is 0. The molecule has 1 aliphatic rings. The van der Waals surface area contributed by atoms with E-state index in [-0.39, 0.29) is 30.8 Å². The first-order valence-electron chi connectivity index (χ1n) is 8.79. The fourth-order valence-corrected chi connectivity index (χ4v) is 3.75. The van der Waals surface area contributed by atoms with Gasteiger partial charge in [-0.05, 0) is 31.6 Å². The normalized spacial score (nSPS) is 21.3. The van der Waals surface area contributed by atoms with E-state index >= 15 is 4.39 Å². The molecule has 8 heteroatoms. The van der Waals surface area contributed by atoms with E-state index in [0.717, 1.165) is 17.3 Å². The Kier molecular flexibility index (Phi) is 5.21. The van der Waals surface area contributed by atoms with E-state index in [4.69, 9.17) is 5.73 Å². The molecule has 5 N–H and O–H groups in total. The maximum atomic E-state index is 15.0. The number of aliphatic hydroxyl groups is 1. The molecule has 0 saturated carbocycles. The summed E-state index contributed by atoms with van der Waals surface area (Å²) in [5, 5.41) is 13.1. The van der Waals surface area contributed by atoms with Gasteiger partial charge in [0, 0.05) is 42.2 Å². The molecular weight excluding hydrogens is 354 g/mol. The van der Waals surface area contributed by atoms with Crippen LogP contribution in [0.4, 0.5) is 14.5 Å². The molecule has 1 unspecified atom stereocenters. The second-order valence-corrected chi connectivity index (χ2v) is 7.01. The van der Waals surface area contributed by atoms with Gasteiger partial charge in [0.1, 0.15) is 18.2 Å². The number of fused-ring (bicyclic) bond motifs is 1. The number of alkyl halides is 1. The van der Waals surface area contributed by atoms with Crippen LogP contribution in [0.25, 0.3) is 10.9 Å². The summed E-state index contributed by atoms with van der Waals surface area (Å²) in [5.41, 5.74) is 8.22. The summed E-state index contributed by atoms with van der Waals surface area (Å²) in [6, 6.07) is 0.713. The number of carbonyl (C=O) groups excluding carboxylic acids is 1. The number of amides is 1. The number of aromatic amines is 1. The molecule has 2 heterocycles. The van der Waals surface area contributed by atoms with Gasteiger partial charge in [-0.3, -0.25) is 4.79 Å². The van der Waals surface area contributed by atoms with Crippen LogP contribution >= 0.6 is 0 Å². The number of rotatable bonds is 4. The van der Waals surface area contributed by atoms with E-state index < -0.39 is 30.2 Å². The van der Waals surface area contributed by atoms with Gasteiger partial charge in [-0.1, -0.05) is 6.58 Å². The van der Waals surface area contributed by atoms with Crippen molar-refractivity contribution in [3.05, 3.63) is 41.4 Å². The number of piperidine rings is 1. The highest BCUT2D eigenvalue weighted by molar-refractivity contribution is 5.98. The number of hydrogen-bond acceptors (Lipinski definition) is 4. The predicted molar refractivity (Wildman–Crippen MR) is 101 cm³/mol. The van der Waals surface area contributed by atoms with E-state index in [0.29, 0.717) is 10.9 Å². The zero-order valence-electron chi connectivity index (χ0n) is 15.4. The summed E-state index contributed by atoms with van der Waals surface area (Å²) in [5.74, 6) is -0.984. The molecule has 1 aromatic carbocycles. The van der Waals surface area contributed by atoms with Crippen molar-refractivity contribution in [1.82, 2.24) is 10.3 Å². The minimum atomic E-state index is -1.34. The Morgan fingerprint density at radius 1 is 1.52 bits per heavy atom. The zero-order chi connectivity index (χ0) is 19.9. The van der Waals surface area contributed by atoms with Crippen LogP contribution in [-0.2, 0) is 4.79 Å². The summed E-state index contributed by atoms with van der Waals surface area (Å²) < 4.78 is 29.4. The average Bonchev–Trinajstić information content (AvgIpc) is 2.88. The molecule has 3 atom stereocenters. The Morgan fingerprint density at radius 3 is 2.85 bits per heavy atom. The monoisotopic (exact) mass is 378 g/mol. The molecule has 0 radical (unpaired) electrons. The molecule has 27 heavy (non-hydrogen) atoms. The number of nitrogens with two attached hydrogens (primary N) is 1. The molecule has 1 fully saturated rings. The summed E-state index contributed by atoms with van der Waals surface area (Å²) in [4.78, 5) is 16.3. The Morgan fingerprint density at radius 2 is 2.22 bits per heavy atom. The number of nitrogens with zero attached hydrogens (tertiary/aromatic N) is 1. The highest BCUT2D eigenvalue weighted by Gasteiger charge is 2.32. The van der Waals surface area contributed by atoms with Gasteiger partial charge >= 0.3 is 0 Å². The van der Waals surface area contributed by atoms with Crippen LogP contribution in [0, 0.1) is 19.7 Å². The fraction of sp³-hybridized carbons (Fsp3) is 0.421. The number of hydrogen-bond donors (Lipinski definition) is 4. The fourth-order valence-electron chi connectivity index (χ4n) is 3.75. The van der Waals surface area contributed by atoms with E-state index in [1.54, 1.807) is 4.90 Å². The number of H-pyrrole nitrogens is 1. The third-order valence-corrected chi connectivity index (χ3v) is 5.10. The molecule has 0 bridgehead atoms. The maximum Gasteiger partial charge on any atom is 0.243 e. The Balaban J connectivity index is 2.10. The molecule has 1 aliphatic heterocycles.